The molecule has 0 radical (unpaired) electrons. The molecule has 0 saturated carbocycles. The van der Waals surface area contributed by atoms with Crippen LogP contribution in [0.4, 0.5) is 17.1 Å². The second-order valence-corrected chi connectivity index (χ2v) is 5.60. The molecule has 0 spiro atoms. The van der Waals surface area contributed by atoms with Crippen molar-refractivity contribution in [2.24, 2.45) is 0 Å². The van der Waals surface area contributed by atoms with Gasteiger partial charge in [-0.15, -0.1) is 0 Å². The van der Waals surface area contributed by atoms with Crippen molar-refractivity contribution in [3.63, 3.8) is 0 Å². The van der Waals surface area contributed by atoms with Crippen molar-refractivity contribution in [2.75, 3.05) is 23.3 Å². The Bertz CT molecular complexity index is 865. The lowest BCUT2D eigenvalue weighted by atomic mass is 10.2. The van der Waals surface area contributed by atoms with Crippen molar-refractivity contribution in [3.05, 3.63) is 58.1 Å². The Morgan fingerprint density at radius 3 is 2.80 bits per heavy atom. The minimum absolute atomic E-state index is 0.0752. The van der Waals surface area contributed by atoms with E-state index in [0.29, 0.717) is 11.4 Å². The van der Waals surface area contributed by atoms with Gasteiger partial charge in [-0.1, -0.05) is 18.2 Å². The number of aryl methyl sites for hydroxylation is 1. The van der Waals surface area contributed by atoms with E-state index in [1.807, 2.05) is 25.1 Å². The molecule has 3 rings (SSSR count). The molecule has 0 aliphatic carbocycles. The number of non-ortho nitro benzene ring substituents is 1. The molecule has 1 N–H and O–H groups in total. The van der Waals surface area contributed by atoms with Crippen LogP contribution in [0.3, 0.4) is 0 Å². The Labute approximate surface area is 143 Å². The summed E-state index contributed by atoms with van der Waals surface area (Å²) in [6.07, 6.45) is 0. The number of nitrogens with zero attached hydrogens (tertiary/aromatic N) is 2. The number of amides is 1. The Hall–Kier alpha value is -3.42. The largest absolute Gasteiger partial charge is 0.423 e. The molecule has 0 aromatic heterocycles. The van der Waals surface area contributed by atoms with Gasteiger partial charge in [0.15, 0.2) is 5.75 Å². The van der Waals surface area contributed by atoms with Crippen LogP contribution in [0.1, 0.15) is 5.56 Å². The summed E-state index contributed by atoms with van der Waals surface area (Å²) in [5.41, 5.74) is 1.89. The van der Waals surface area contributed by atoms with Gasteiger partial charge in [-0.05, 0) is 24.6 Å². The molecule has 1 aliphatic heterocycles. The molecule has 25 heavy (non-hydrogen) atoms. The summed E-state index contributed by atoms with van der Waals surface area (Å²) in [4.78, 5) is 35.9. The maximum Gasteiger partial charge on any atom is 0.331 e. The lowest BCUT2D eigenvalue weighted by Gasteiger charge is -2.29. The number of esters is 1. The number of hydrogen-bond acceptors (Lipinski definition) is 6. The fourth-order valence-corrected chi connectivity index (χ4v) is 2.57. The predicted molar refractivity (Wildman–Crippen MR) is 90.8 cm³/mol. The highest BCUT2D eigenvalue weighted by molar-refractivity contribution is 5.97. The van der Waals surface area contributed by atoms with E-state index >= 15 is 0 Å². The molecule has 8 heteroatoms. The first-order chi connectivity index (χ1) is 11.9. The number of hydrogen-bond donors (Lipinski definition) is 1. The van der Waals surface area contributed by atoms with Crippen molar-refractivity contribution in [2.45, 2.75) is 6.92 Å². The summed E-state index contributed by atoms with van der Waals surface area (Å²) in [5.74, 6) is -0.792. The van der Waals surface area contributed by atoms with Gasteiger partial charge in [0.25, 0.3) is 5.69 Å². The normalized spacial score (nSPS) is 13.0. The molecule has 1 heterocycles. The fourth-order valence-electron chi connectivity index (χ4n) is 2.57. The van der Waals surface area contributed by atoms with Crippen molar-refractivity contribution in [1.29, 1.82) is 0 Å². The van der Waals surface area contributed by atoms with Gasteiger partial charge < -0.3 is 15.0 Å². The lowest BCUT2D eigenvalue weighted by molar-refractivity contribution is -0.384. The van der Waals surface area contributed by atoms with E-state index in [1.165, 1.54) is 23.1 Å². The SMILES string of the molecule is Cc1ccccc1NC(=O)CN1CC(=O)Oc2cc([N+](=O)[O-])ccc21. The average Bonchev–Trinajstić information content (AvgIpc) is 2.56. The van der Waals surface area contributed by atoms with Crippen molar-refractivity contribution in [3.8, 4) is 5.75 Å². The molecular formula is C17H15N3O5. The first-order valence-electron chi connectivity index (χ1n) is 7.53. The average molecular weight is 341 g/mol. The minimum atomic E-state index is -0.573. The van der Waals surface area contributed by atoms with Gasteiger partial charge >= 0.3 is 5.97 Å². The summed E-state index contributed by atoms with van der Waals surface area (Å²) in [7, 11) is 0. The first-order valence-corrected chi connectivity index (χ1v) is 7.53. The van der Waals surface area contributed by atoms with Gasteiger partial charge in [-0.2, -0.15) is 0 Å². The molecule has 0 unspecified atom stereocenters. The zero-order chi connectivity index (χ0) is 18.0. The fraction of sp³-hybridized carbons (Fsp3) is 0.176. The summed E-state index contributed by atoms with van der Waals surface area (Å²) in [6, 6.07) is 11.3. The summed E-state index contributed by atoms with van der Waals surface area (Å²) in [6.45, 7) is 1.70. The monoisotopic (exact) mass is 341 g/mol. The van der Waals surface area contributed by atoms with Crippen LogP contribution in [0.25, 0.3) is 0 Å². The van der Waals surface area contributed by atoms with Gasteiger partial charge in [0.1, 0.15) is 6.54 Å². The highest BCUT2D eigenvalue weighted by Crippen LogP contribution is 2.35. The molecule has 2 aromatic rings. The van der Waals surface area contributed by atoms with Gasteiger partial charge in [0.05, 0.1) is 23.2 Å². The van der Waals surface area contributed by atoms with Crippen LogP contribution in [-0.4, -0.2) is 29.9 Å². The van der Waals surface area contributed by atoms with Crippen LogP contribution < -0.4 is 15.0 Å². The molecule has 0 fully saturated rings. The number of nitro benzene ring substituents is 1. The number of fused-ring (bicyclic) bond motifs is 1. The van der Waals surface area contributed by atoms with Gasteiger partial charge in [-0.3, -0.25) is 14.9 Å². The molecular weight excluding hydrogens is 326 g/mol. The number of nitrogens with one attached hydrogen (secondary N) is 1. The molecule has 2 aromatic carbocycles. The van der Waals surface area contributed by atoms with E-state index in [4.69, 9.17) is 4.74 Å². The maximum atomic E-state index is 12.3. The number of rotatable bonds is 4. The van der Waals surface area contributed by atoms with Crippen molar-refractivity contribution in [1.82, 2.24) is 0 Å². The molecule has 0 atom stereocenters. The Morgan fingerprint density at radius 2 is 2.08 bits per heavy atom. The number of carbonyl (C=O) groups is 2. The van der Waals surface area contributed by atoms with Crippen LogP contribution in [-0.2, 0) is 9.59 Å². The zero-order valence-corrected chi connectivity index (χ0v) is 13.4. The third-order valence-corrected chi connectivity index (χ3v) is 3.79. The summed E-state index contributed by atoms with van der Waals surface area (Å²) < 4.78 is 5.06. The molecule has 1 aliphatic rings. The quantitative estimate of drug-likeness (QED) is 0.396. The van der Waals surface area contributed by atoms with E-state index in [0.717, 1.165) is 5.56 Å². The Morgan fingerprint density at radius 1 is 1.32 bits per heavy atom. The van der Waals surface area contributed by atoms with Crippen molar-refractivity contribution >= 4 is 28.9 Å². The second-order valence-electron chi connectivity index (χ2n) is 5.60. The van der Waals surface area contributed by atoms with Crippen LogP contribution in [0.2, 0.25) is 0 Å². The third kappa shape index (κ3) is 3.57. The highest BCUT2D eigenvalue weighted by Gasteiger charge is 2.27. The van der Waals surface area contributed by atoms with E-state index in [-0.39, 0.29) is 30.4 Å². The minimum Gasteiger partial charge on any atom is -0.423 e. The van der Waals surface area contributed by atoms with E-state index in [9.17, 15) is 19.7 Å². The number of anilines is 2. The summed E-state index contributed by atoms with van der Waals surface area (Å²) in [5, 5.41) is 13.6. The molecule has 0 saturated heterocycles. The van der Waals surface area contributed by atoms with Gasteiger partial charge in [0, 0.05) is 11.8 Å². The molecule has 128 valence electrons. The molecule has 1 amide bonds. The second kappa shape index (κ2) is 6.60. The van der Waals surface area contributed by atoms with Crippen molar-refractivity contribution < 1.29 is 19.2 Å². The van der Waals surface area contributed by atoms with E-state index < -0.39 is 10.9 Å². The van der Waals surface area contributed by atoms with Crippen LogP contribution >= 0.6 is 0 Å². The summed E-state index contributed by atoms with van der Waals surface area (Å²) >= 11 is 0. The number of para-hydroxylation sites is 1. The highest BCUT2D eigenvalue weighted by atomic mass is 16.6. The first kappa shape index (κ1) is 16.4. The van der Waals surface area contributed by atoms with Gasteiger partial charge in [-0.25, -0.2) is 4.79 Å². The number of carbonyl (C=O) groups excluding carboxylic acids is 2. The topological polar surface area (TPSA) is 102 Å². The lowest BCUT2D eigenvalue weighted by Crippen LogP contribution is -2.41. The van der Waals surface area contributed by atoms with Crippen LogP contribution in [0.5, 0.6) is 5.75 Å². The molecule has 0 bridgehead atoms. The van der Waals surface area contributed by atoms with Crippen LogP contribution in [0.15, 0.2) is 42.5 Å². The number of nitro groups is 1. The van der Waals surface area contributed by atoms with E-state index in [2.05, 4.69) is 5.32 Å². The smallest absolute Gasteiger partial charge is 0.331 e. The van der Waals surface area contributed by atoms with Crippen LogP contribution in [0, 0.1) is 17.0 Å². The van der Waals surface area contributed by atoms with E-state index in [1.54, 1.807) is 6.07 Å². The number of benzene rings is 2. The predicted octanol–water partition coefficient (Wildman–Crippen LogP) is 2.27. The van der Waals surface area contributed by atoms with Gasteiger partial charge in [0.2, 0.25) is 5.91 Å². The zero-order valence-electron chi connectivity index (χ0n) is 13.4. The number of ether oxygens (including phenoxy) is 1. The Kier molecular flexibility index (Phi) is 4.34. The Balaban J connectivity index is 1.79. The maximum absolute atomic E-state index is 12.3. The standard InChI is InChI=1S/C17H15N3O5/c1-11-4-2-3-5-13(11)18-16(21)9-19-10-17(22)25-15-8-12(20(23)24)6-7-14(15)19/h2-8H,9-10H2,1H3,(H,18,21). The molecule has 8 nitrogen and oxygen atoms in total. The third-order valence-electron chi connectivity index (χ3n) is 3.79.